The van der Waals surface area contributed by atoms with Crippen LogP contribution in [0.25, 0.3) is 32.8 Å². The van der Waals surface area contributed by atoms with Gasteiger partial charge in [0, 0.05) is 35.9 Å². The molecule has 0 radical (unpaired) electrons. The molecule has 2 aliphatic heterocycles. The zero-order valence-corrected chi connectivity index (χ0v) is 25.4. The summed E-state index contributed by atoms with van der Waals surface area (Å²) in [6.45, 7) is 4.83. The number of likely N-dealkylation sites (tertiary alicyclic amines) is 2. The van der Waals surface area contributed by atoms with Crippen molar-refractivity contribution in [3.63, 3.8) is 0 Å². The topological polar surface area (TPSA) is 70.6 Å². The van der Waals surface area contributed by atoms with Gasteiger partial charge in [-0.3, -0.25) is 4.79 Å². The summed E-state index contributed by atoms with van der Waals surface area (Å²) in [5.41, 5.74) is -0.561. The van der Waals surface area contributed by atoms with Crippen molar-refractivity contribution in [3.05, 3.63) is 71.3 Å². The maximum absolute atomic E-state index is 16.5. The highest BCUT2D eigenvalue weighted by atomic mass is 35.5. The summed E-state index contributed by atoms with van der Waals surface area (Å²) in [7, 11) is 1.99. The van der Waals surface area contributed by atoms with Crippen LogP contribution in [0.3, 0.4) is 0 Å². The number of carbonyl (C=O) groups is 1. The van der Waals surface area contributed by atoms with E-state index < -0.39 is 40.8 Å². The number of aromatic nitrogens is 2. The zero-order chi connectivity index (χ0) is 31.8. The maximum atomic E-state index is 16.5. The first-order valence-electron chi connectivity index (χ1n) is 14.9. The first-order chi connectivity index (χ1) is 21.6. The molecule has 2 saturated heterocycles. The number of nitrogens with zero attached hydrogens (tertiary/aromatic N) is 4. The number of likely N-dealkylation sites (N-methyl/N-ethyl adjacent to an activating group) is 1. The Morgan fingerprint density at radius 1 is 1.07 bits per heavy atom. The van der Waals surface area contributed by atoms with Crippen LogP contribution in [0.15, 0.2) is 48.8 Å². The standard InChI is InChI=1S/C33H32ClF4N5O2/c1-18(35)32(44)43-14-4-3-8-20(43)16-39-31-23-15-25(37)27(22-10-5-7-19-11-12-24(36)28(34)26(19)22)29(38)30(23)40-33(41-31)45-17-21-9-6-13-42(21)2/h5,7,10-12,15,20-21H,1,3-4,6,8-9,13-14,16-17H2,2H3,(H,39,40,41)/t20-,21-/m0/s1. The van der Waals surface area contributed by atoms with Crippen molar-refractivity contribution >= 4 is 45.0 Å². The Kier molecular flexibility index (Phi) is 8.83. The summed E-state index contributed by atoms with van der Waals surface area (Å²) in [4.78, 5) is 24.9. The van der Waals surface area contributed by atoms with Gasteiger partial charge < -0.3 is 19.9 Å². The molecule has 0 unspecified atom stereocenters. The molecule has 0 saturated carbocycles. The van der Waals surface area contributed by atoms with Crippen molar-refractivity contribution in [2.24, 2.45) is 0 Å². The van der Waals surface area contributed by atoms with Crippen LogP contribution in [0, 0.1) is 17.5 Å². The Bertz CT molecular complexity index is 1810. The minimum absolute atomic E-state index is 0.0418. The van der Waals surface area contributed by atoms with Gasteiger partial charge in [-0.05, 0) is 68.8 Å². The maximum Gasteiger partial charge on any atom is 0.319 e. The fraction of sp³-hybridized carbons (Fsp3) is 0.364. The lowest BCUT2D eigenvalue weighted by Crippen LogP contribution is -2.47. The van der Waals surface area contributed by atoms with E-state index in [1.807, 2.05) is 7.05 Å². The van der Waals surface area contributed by atoms with Crippen LogP contribution in [0.1, 0.15) is 32.1 Å². The average molecular weight is 642 g/mol. The summed E-state index contributed by atoms with van der Waals surface area (Å²) in [6.07, 6.45) is 4.08. The molecule has 236 valence electrons. The molecule has 6 rings (SSSR count). The number of anilines is 1. The van der Waals surface area contributed by atoms with Crippen molar-refractivity contribution in [2.75, 3.05) is 38.6 Å². The lowest BCUT2D eigenvalue weighted by molar-refractivity contribution is -0.131. The quantitative estimate of drug-likeness (QED) is 0.161. The van der Waals surface area contributed by atoms with E-state index >= 15 is 8.78 Å². The molecule has 1 amide bonds. The summed E-state index contributed by atoms with van der Waals surface area (Å²) in [5.74, 6) is -4.37. The van der Waals surface area contributed by atoms with Crippen LogP contribution in [0.2, 0.25) is 5.02 Å². The second kappa shape index (κ2) is 12.8. The highest BCUT2D eigenvalue weighted by molar-refractivity contribution is 6.37. The molecule has 12 heteroatoms. The number of piperidine rings is 1. The molecule has 2 aliphatic rings. The van der Waals surface area contributed by atoms with Gasteiger partial charge in [0.2, 0.25) is 0 Å². The second-order valence-corrected chi connectivity index (χ2v) is 12.0. The number of benzene rings is 3. The predicted molar refractivity (Wildman–Crippen MR) is 167 cm³/mol. The van der Waals surface area contributed by atoms with Gasteiger partial charge >= 0.3 is 6.01 Å². The van der Waals surface area contributed by atoms with E-state index in [4.69, 9.17) is 16.3 Å². The van der Waals surface area contributed by atoms with Gasteiger partial charge in [0.15, 0.2) is 11.6 Å². The lowest BCUT2D eigenvalue weighted by Gasteiger charge is -2.35. The third-order valence-corrected chi connectivity index (χ3v) is 9.14. The van der Waals surface area contributed by atoms with Gasteiger partial charge in [0.1, 0.15) is 29.6 Å². The van der Waals surface area contributed by atoms with Gasteiger partial charge in [0.05, 0.1) is 10.6 Å². The molecule has 0 aliphatic carbocycles. The highest BCUT2D eigenvalue weighted by Crippen LogP contribution is 2.40. The van der Waals surface area contributed by atoms with E-state index in [1.54, 1.807) is 12.1 Å². The van der Waals surface area contributed by atoms with E-state index in [9.17, 15) is 13.6 Å². The number of rotatable bonds is 8. The number of halogens is 5. The molecule has 3 aromatic carbocycles. The van der Waals surface area contributed by atoms with Crippen molar-refractivity contribution < 1.29 is 27.1 Å². The molecule has 3 heterocycles. The third kappa shape index (κ3) is 6.03. The SMILES string of the molecule is C=C(F)C(=O)N1CCCC[C@H]1CNc1nc(OC[C@@H]2CCCN2C)nc2c(F)c(-c3cccc4ccc(F)c(Cl)c34)c(F)cc12. The van der Waals surface area contributed by atoms with Crippen LogP contribution in [0.4, 0.5) is 23.4 Å². The number of carbonyl (C=O) groups excluding carboxylic acids is 1. The number of amides is 1. The number of hydrogen-bond acceptors (Lipinski definition) is 6. The highest BCUT2D eigenvalue weighted by Gasteiger charge is 2.30. The first kappa shape index (κ1) is 31.0. The van der Waals surface area contributed by atoms with Crippen LogP contribution in [-0.2, 0) is 4.79 Å². The summed E-state index contributed by atoms with van der Waals surface area (Å²) in [6, 6.07) is 8.17. The normalized spacial score (nSPS) is 18.9. The van der Waals surface area contributed by atoms with Crippen molar-refractivity contribution in [3.8, 4) is 17.1 Å². The molecule has 2 fully saturated rings. The Hall–Kier alpha value is -3.96. The Labute approximate surface area is 262 Å². The summed E-state index contributed by atoms with van der Waals surface area (Å²) in [5, 5.41) is 3.59. The number of ether oxygens (including phenoxy) is 1. The lowest BCUT2D eigenvalue weighted by atomic mass is 9.96. The zero-order valence-electron chi connectivity index (χ0n) is 24.7. The third-order valence-electron chi connectivity index (χ3n) is 8.77. The Morgan fingerprint density at radius 3 is 2.62 bits per heavy atom. The monoisotopic (exact) mass is 641 g/mol. The van der Waals surface area contributed by atoms with E-state index in [-0.39, 0.29) is 57.9 Å². The minimum Gasteiger partial charge on any atom is -0.462 e. The molecular formula is C33H32ClF4N5O2. The fourth-order valence-corrected chi connectivity index (χ4v) is 6.62. The molecule has 45 heavy (non-hydrogen) atoms. The summed E-state index contributed by atoms with van der Waals surface area (Å²) >= 11 is 6.30. The van der Waals surface area contributed by atoms with Crippen molar-refractivity contribution in [1.29, 1.82) is 0 Å². The largest absolute Gasteiger partial charge is 0.462 e. The van der Waals surface area contributed by atoms with Crippen LogP contribution >= 0.6 is 11.6 Å². The second-order valence-electron chi connectivity index (χ2n) is 11.6. The Balaban J connectivity index is 1.44. The van der Waals surface area contributed by atoms with Crippen LogP contribution < -0.4 is 10.1 Å². The molecule has 4 aromatic rings. The summed E-state index contributed by atoms with van der Waals surface area (Å²) < 4.78 is 66.7. The van der Waals surface area contributed by atoms with E-state index in [0.717, 1.165) is 38.3 Å². The number of fused-ring (bicyclic) bond motifs is 2. The van der Waals surface area contributed by atoms with Gasteiger partial charge in [-0.1, -0.05) is 42.4 Å². The van der Waals surface area contributed by atoms with E-state index in [1.165, 1.54) is 23.1 Å². The van der Waals surface area contributed by atoms with Crippen LogP contribution in [-0.4, -0.2) is 71.0 Å². The first-order valence-corrected chi connectivity index (χ1v) is 15.3. The number of nitrogens with one attached hydrogen (secondary N) is 1. The molecule has 7 nitrogen and oxygen atoms in total. The molecule has 1 N–H and O–H groups in total. The van der Waals surface area contributed by atoms with Gasteiger partial charge in [-0.2, -0.15) is 9.97 Å². The molecule has 0 spiro atoms. The predicted octanol–water partition coefficient (Wildman–Crippen LogP) is 7.27. The van der Waals surface area contributed by atoms with E-state index in [0.29, 0.717) is 18.4 Å². The van der Waals surface area contributed by atoms with E-state index in [2.05, 4.69) is 26.8 Å². The van der Waals surface area contributed by atoms with Gasteiger partial charge in [0.25, 0.3) is 5.91 Å². The minimum atomic E-state index is -1.05. The smallest absolute Gasteiger partial charge is 0.319 e. The van der Waals surface area contributed by atoms with Crippen molar-refractivity contribution in [2.45, 2.75) is 44.2 Å². The molecule has 2 atom stereocenters. The van der Waals surface area contributed by atoms with Crippen molar-refractivity contribution in [1.82, 2.24) is 19.8 Å². The van der Waals surface area contributed by atoms with Gasteiger partial charge in [-0.25, -0.2) is 17.6 Å². The number of hydrogen-bond donors (Lipinski definition) is 1. The molecule has 1 aromatic heterocycles. The fourth-order valence-electron chi connectivity index (χ4n) is 6.35. The molecular weight excluding hydrogens is 610 g/mol. The Morgan fingerprint density at radius 2 is 1.87 bits per heavy atom. The van der Waals surface area contributed by atoms with Crippen LogP contribution in [0.5, 0.6) is 6.01 Å². The average Bonchev–Trinajstić information content (AvgIpc) is 3.45. The molecule has 0 bridgehead atoms. The van der Waals surface area contributed by atoms with Gasteiger partial charge in [-0.15, -0.1) is 0 Å².